The summed E-state index contributed by atoms with van der Waals surface area (Å²) in [4.78, 5) is 20.9. The number of hydrogen-bond donors (Lipinski definition) is 1. The molecule has 2 aromatic heterocycles. The average Bonchev–Trinajstić information content (AvgIpc) is 2.82. The second-order valence-electron chi connectivity index (χ2n) is 8.07. The summed E-state index contributed by atoms with van der Waals surface area (Å²) in [5.74, 6) is 2.59. The van der Waals surface area contributed by atoms with Gasteiger partial charge in [0.1, 0.15) is 11.6 Å². The van der Waals surface area contributed by atoms with Gasteiger partial charge in [-0.05, 0) is 37.1 Å². The molecule has 0 aliphatic carbocycles. The minimum absolute atomic E-state index is 0.697. The first kappa shape index (κ1) is 22.7. The Morgan fingerprint density at radius 2 is 1.78 bits per heavy atom. The zero-order chi connectivity index (χ0) is 22.2. The molecule has 0 saturated carbocycles. The summed E-state index contributed by atoms with van der Waals surface area (Å²) in [6, 6.07) is 7.80. The standard InChI is InChI=1S/C24H31ClN6O/c1-2-3-4-6-22-28-23(30-24(29-22)31-13-15-32-16-14-31)7-5-11-26-20-10-12-27-21-17-18(25)8-9-19(20)21/h8-10,12,17H,2-7,11,13-16H2,1H3,(H,26,27). The van der Waals surface area contributed by atoms with Crippen molar-refractivity contribution in [3.63, 3.8) is 0 Å². The molecule has 1 aromatic carbocycles. The van der Waals surface area contributed by atoms with Crippen LogP contribution >= 0.6 is 11.6 Å². The Morgan fingerprint density at radius 3 is 2.56 bits per heavy atom. The molecule has 1 saturated heterocycles. The monoisotopic (exact) mass is 454 g/mol. The van der Waals surface area contributed by atoms with E-state index in [2.05, 4.69) is 22.1 Å². The topological polar surface area (TPSA) is 76.1 Å². The predicted octanol–water partition coefficient (Wildman–Crippen LogP) is 4.69. The highest BCUT2D eigenvalue weighted by atomic mass is 35.5. The molecule has 0 spiro atoms. The smallest absolute Gasteiger partial charge is 0.229 e. The summed E-state index contributed by atoms with van der Waals surface area (Å²) in [6.45, 7) is 6.15. The number of fused-ring (bicyclic) bond motifs is 1. The molecule has 3 aromatic rings. The molecular formula is C24H31ClN6O. The summed E-state index contributed by atoms with van der Waals surface area (Å²) < 4.78 is 5.49. The van der Waals surface area contributed by atoms with Crippen molar-refractivity contribution in [3.8, 4) is 0 Å². The van der Waals surface area contributed by atoms with Crippen LogP contribution in [-0.4, -0.2) is 52.8 Å². The molecule has 3 heterocycles. The van der Waals surface area contributed by atoms with Crippen LogP contribution in [0.25, 0.3) is 10.9 Å². The van der Waals surface area contributed by atoms with Crippen molar-refractivity contribution in [2.45, 2.75) is 45.4 Å². The molecule has 0 atom stereocenters. The summed E-state index contributed by atoms with van der Waals surface area (Å²) in [5.41, 5.74) is 1.96. The van der Waals surface area contributed by atoms with Gasteiger partial charge in [0.05, 0.1) is 18.7 Å². The van der Waals surface area contributed by atoms with E-state index >= 15 is 0 Å². The van der Waals surface area contributed by atoms with Crippen molar-refractivity contribution < 1.29 is 4.74 Å². The lowest BCUT2D eigenvalue weighted by atomic mass is 10.2. The molecule has 1 aliphatic rings. The fourth-order valence-electron chi connectivity index (χ4n) is 3.86. The lowest BCUT2D eigenvalue weighted by molar-refractivity contribution is 0.122. The van der Waals surface area contributed by atoms with Gasteiger partial charge in [-0.1, -0.05) is 31.4 Å². The molecule has 1 N–H and O–H groups in total. The maximum atomic E-state index is 6.10. The average molecular weight is 455 g/mol. The van der Waals surface area contributed by atoms with Crippen LogP contribution in [0.1, 0.15) is 44.3 Å². The van der Waals surface area contributed by atoms with E-state index in [1.54, 1.807) is 0 Å². The Kier molecular flexibility index (Phi) is 8.07. The molecule has 0 bridgehead atoms. The first-order valence-electron chi connectivity index (χ1n) is 11.6. The molecule has 0 radical (unpaired) electrons. The highest BCUT2D eigenvalue weighted by molar-refractivity contribution is 6.31. The fourth-order valence-corrected chi connectivity index (χ4v) is 4.03. The third-order valence-electron chi connectivity index (χ3n) is 5.61. The number of anilines is 2. The number of aromatic nitrogens is 4. The minimum atomic E-state index is 0.697. The molecule has 0 amide bonds. The molecule has 7 nitrogen and oxygen atoms in total. The summed E-state index contributed by atoms with van der Waals surface area (Å²) in [5, 5.41) is 5.30. The molecule has 170 valence electrons. The van der Waals surface area contributed by atoms with Crippen molar-refractivity contribution in [2.24, 2.45) is 0 Å². The van der Waals surface area contributed by atoms with E-state index in [9.17, 15) is 0 Å². The minimum Gasteiger partial charge on any atom is -0.384 e. The van der Waals surface area contributed by atoms with Crippen LogP contribution in [0.5, 0.6) is 0 Å². The molecule has 32 heavy (non-hydrogen) atoms. The van der Waals surface area contributed by atoms with Gasteiger partial charge < -0.3 is 15.0 Å². The summed E-state index contributed by atoms with van der Waals surface area (Å²) >= 11 is 6.10. The Morgan fingerprint density at radius 1 is 1.00 bits per heavy atom. The zero-order valence-corrected chi connectivity index (χ0v) is 19.4. The summed E-state index contributed by atoms with van der Waals surface area (Å²) in [6.07, 6.45) is 7.96. The van der Waals surface area contributed by atoms with Crippen molar-refractivity contribution >= 4 is 34.1 Å². The Balaban J connectivity index is 1.40. The number of morpholine rings is 1. The number of hydrogen-bond acceptors (Lipinski definition) is 7. The number of pyridine rings is 1. The van der Waals surface area contributed by atoms with Gasteiger partial charge in [-0.2, -0.15) is 9.97 Å². The normalized spacial score (nSPS) is 14.1. The zero-order valence-electron chi connectivity index (χ0n) is 18.7. The second kappa shape index (κ2) is 11.4. The van der Waals surface area contributed by atoms with Gasteiger partial charge in [0, 0.05) is 54.8 Å². The molecule has 0 unspecified atom stereocenters. The van der Waals surface area contributed by atoms with Crippen molar-refractivity contribution in [1.29, 1.82) is 0 Å². The van der Waals surface area contributed by atoms with E-state index in [1.807, 2.05) is 30.5 Å². The number of ether oxygens (including phenoxy) is 1. The molecule has 4 rings (SSSR count). The van der Waals surface area contributed by atoms with E-state index in [-0.39, 0.29) is 0 Å². The Labute approximate surface area is 194 Å². The van der Waals surface area contributed by atoms with Crippen molar-refractivity contribution in [2.75, 3.05) is 43.1 Å². The van der Waals surface area contributed by atoms with Gasteiger partial charge in [-0.3, -0.25) is 4.98 Å². The van der Waals surface area contributed by atoms with Crippen LogP contribution < -0.4 is 10.2 Å². The van der Waals surface area contributed by atoms with Crippen LogP contribution in [0.2, 0.25) is 5.02 Å². The maximum Gasteiger partial charge on any atom is 0.229 e. The number of aryl methyl sites for hydroxylation is 2. The maximum absolute atomic E-state index is 6.10. The van der Waals surface area contributed by atoms with E-state index in [4.69, 9.17) is 31.3 Å². The van der Waals surface area contributed by atoms with Gasteiger partial charge in [0.15, 0.2) is 0 Å². The lowest BCUT2D eigenvalue weighted by Crippen LogP contribution is -2.37. The largest absolute Gasteiger partial charge is 0.384 e. The number of nitrogens with zero attached hydrogens (tertiary/aromatic N) is 5. The van der Waals surface area contributed by atoms with E-state index < -0.39 is 0 Å². The number of rotatable bonds is 10. The quantitative estimate of drug-likeness (QED) is 0.445. The van der Waals surface area contributed by atoms with E-state index in [0.717, 1.165) is 92.7 Å². The molecule has 1 fully saturated rings. The lowest BCUT2D eigenvalue weighted by Gasteiger charge is -2.27. The Hall–Kier alpha value is -2.51. The van der Waals surface area contributed by atoms with Crippen molar-refractivity contribution in [1.82, 2.24) is 19.9 Å². The van der Waals surface area contributed by atoms with Gasteiger partial charge in [0.2, 0.25) is 5.95 Å². The Bertz CT molecular complexity index is 1020. The first-order chi connectivity index (χ1) is 15.7. The van der Waals surface area contributed by atoms with Crippen LogP contribution in [0.15, 0.2) is 30.5 Å². The van der Waals surface area contributed by atoms with Gasteiger partial charge in [-0.15, -0.1) is 0 Å². The molecular weight excluding hydrogens is 424 g/mol. The van der Waals surface area contributed by atoms with Crippen LogP contribution in [0.4, 0.5) is 11.6 Å². The molecule has 1 aliphatic heterocycles. The highest BCUT2D eigenvalue weighted by Crippen LogP contribution is 2.24. The third kappa shape index (κ3) is 6.04. The fraction of sp³-hybridized carbons (Fsp3) is 0.500. The molecule has 8 heteroatoms. The number of benzene rings is 1. The van der Waals surface area contributed by atoms with Gasteiger partial charge >= 0.3 is 0 Å². The van der Waals surface area contributed by atoms with E-state index in [0.29, 0.717) is 5.02 Å². The van der Waals surface area contributed by atoms with Gasteiger partial charge in [0.25, 0.3) is 0 Å². The predicted molar refractivity (Wildman–Crippen MR) is 130 cm³/mol. The van der Waals surface area contributed by atoms with Gasteiger partial charge in [-0.25, -0.2) is 4.98 Å². The van der Waals surface area contributed by atoms with Crippen LogP contribution in [-0.2, 0) is 17.6 Å². The third-order valence-corrected chi connectivity index (χ3v) is 5.85. The van der Waals surface area contributed by atoms with Crippen LogP contribution in [0.3, 0.4) is 0 Å². The number of nitrogens with one attached hydrogen (secondary N) is 1. The van der Waals surface area contributed by atoms with Crippen molar-refractivity contribution in [3.05, 3.63) is 47.1 Å². The van der Waals surface area contributed by atoms with Crippen LogP contribution in [0, 0.1) is 0 Å². The number of halogens is 1. The SMILES string of the molecule is CCCCCc1nc(CCCNc2ccnc3cc(Cl)ccc23)nc(N2CCOCC2)n1. The highest BCUT2D eigenvalue weighted by Gasteiger charge is 2.16. The summed E-state index contributed by atoms with van der Waals surface area (Å²) in [7, 11) is 0. The second-order valence-corrected chi connectivity index (χ2v) is 8.51. The first-order valence-corrected chi connectivity index (χ1v) is 12.0. The van der Waals surface area contributed by atoms with E-state index in [1.165, 1.54) is 12.8 Å². The number of unbranched alkanes of at least 4 members (excludes halogenated alkanes) is 2.